The quantitative estimate of drug-likeness (QED) is 0.0626. The van der Waals surface area contributed by atoms with Gasteiger partial charge >= 0.3 is 0 Å². The maximum atomic E-state index is 14.1. The molecule has 0 saturated heterocycles. The normalized spacial score (nSPS) is 14.5. The lowest BCUT2D eigenvalue weighted by molar-refractivity contribution is -0.132. The predicted molar refractivity (Wildman–Crippen MR) is 193 cm³/mol. The van der Waals surface area contributed by atoms with E-state index in [1.807, 2.05) is 115 Å². The number of hydrogen-bond acceptors (Lipinski definition) is 6. The summed E-state index contributed by atoms with van der Waals surface area (Å²) in [6.45, 7) is 3.03. The lowest BCUT2D eigenvalue weighted by Gasteiger charge is -2.28. The number of nitrogens with one attached hydrogen (secondary N) is 3. The summed E-state index contributed by atoms with van der Waals surface area (Å²) in [5, 5.41) is 32.2. The smallest absolute Gasteiger partial charge is 0.243 e. The first kappa shape index (κ1) is 37.3. The van der Waals surface area contributed by atoms with E-state index in [1.54, 1.807) is 13.8 Å². The number of aliphatic hydroxyl groups is 2. The molecule has 0 heterocycles. The summed E-state index contributed by atoms with van der Waals surface area (Å²) in [6.07, 6.45) is -0.671. The Kier molecular flexibility index (Phi) is 14.1. The summed E-state index contributed by atoms with van der Waals surface area (Å²) in [4.78, 5) is 44.2. The Morgan fingerprint density at radius 1 is 0.640 bits per heavy atom. The van der Waals surface area contributed by atoms with E-state index < -0.39 is 53.9 Å². The van der Waals surface area contributed by atoms with Crippen LogP contribution in [0.4, 0.5) is 0 Å². The molecule has 11 nitrogen and oxygen atoms in total. The fourth-order valence-electron chi connectivity index (χ4n) is 5.60. The molecule has 0 aromatic heterocycles. The first-order valence-corrected chi connectivity index (χ1v) is 16.6. The van der Waals surface area contributed by atoms with Crippen LogP contribution in [0.3, 0.4) is 0 Å². The number of amides is 3. The third-order valence-electron chi connectivity index (χ3n) is 8.57. The van der Waals surface area contributed by atoms with E-state index in [4.69, 9.17) is 0 Å². The van der Waals surface area contributed by atoms with Crippen LogP contribution < -0.4 is 16.0 Å². The van der Waals surface area contributed by atoms with E-state index >= 15 is 0 Å². The predicted octanol–water partition coefficient (Wildman–Crippen LogP) is 4.52. The second kappa shape index (κ2) is 18.9. The van der Waals surface area contributed by atoms with Crippen LogP contribution in [0.2, 0.25) is 0 Å². The summed E-state index contributed by atoms with van der Waals surface area (Å²) >= 11 is 0. The molecule has 4 rings (SSSR count). The number of azide groups is 1. The average Bonchev–Trinajstić information content (AvgIpc) is 3.14. The van der Waals surface area contributed by atoms with Crippen LogP contribution in [0.25, 0.3) is 21.6 Å². The van der Waals surface area contributed by atoms with Crippen molar-refractivity contribution in [2.45, 2.75) is 63.4 Å². The largest absolute Gasteiger partial charge is 0.396 e. The Bertz CT molecular complexity index is 1720. The third kappa shape index (κ3) is 11.0. The molecule has 0 aliphatic heterocycles. The lowest BCUT2D eigenvalue weighted by atomic mass is 9.98. The van der Waals surface area contributed by atoms with Gasteiger partial charge in [-0.05, 0) is 46.7 Å². The Morgan fingerprint density at radius 3 is 1.60 bits per heavy atom. The van der Waals surface area contributed by atoms with Crippen molar-refractivity contribution in [1.82, 2.24) is 16.0 Å². The maximum Gasteiger partial charge on any atom is 0.243 e. The fourth-order valence-corrected chi connectivity index (χ4v) is 5.60. The average molecular weight is 677 g/mol. The third-order valence-corrected chi connectivity index (χ3v) is 8.57. The summed E-state index contributed by atoms with van der Waals surface area (Å²) in [7, 11) is 0. The van der Waals surface area contributed by atoms with Gasteiger partial charge in [-0.15, -0.1) is 0 Å². The minimum absolute atomic E-state index is 0.0871. The molecular weight excluding hydrogens is 632 g/mol. The second-order valence-electron chi connectivity index (χ2n) is 12.4. The summed E-state index contributed by atoms with van der Waals surface area (Å²) < 4.78 is 0. The van der Waals surface area contributed by atoms with Crippen LogP contribution in [0.1, 0.15) is 30.5 Å². The SMILES string of the molecule is C[C@H](CO)[C@H](O)[C@H](C)NC(=O)[C@H](Cc1ccccc1)NC(=O)[C@H](Cc1ccc(-c2ccccc2)cc1)NC(=O)[C@H](Cc1ccccc1)N=[N+]=[N-]. The molecule has 0 aliphatic carbocycles. The van der Waals surface area contributed by atoms with Gasteiger partial charge < -0.3 is 26.2 Å². The molecule has 0 radical (unpaired) electrons. The molecule has 4 aromatic rings. The maximum absolute atomic E-state index is 14.1. The van der Waals surface area contributed by atoms with Gasteiger partial charge in [-0.2, -0.15) is 0 Å². The van der Waals surface area contributed by atoms with Crippen molar-refractivity contribution < 1.29 is 24.6 Å². The Labute approximate surface area is 292 Å². The minimum atomic E-state index is -1.14. The minimum Gasteiger partial charge on any atom is -0.396 e. The van der Waals surface area contributed by atoms with Gasteiger partial charge in [0.05, 0.1) is 12.1 Å². The molecule has 5 N–H and O–H groups in total. The van der Waals surface area contributed by atoms with Crippen molar-refractivity contribution in [3.8, 4) is 11.1 Å². The topological polar surface area (TPSA) is 177 Å². The summed E-state index contributed by atoms with van der Waals surface area (Å²) in [5.41, 5.74) is 13.6. The highest BCUT2D eigenvalue weighted by Crippen LogP contribution is 2.20. The molecule has 0 bridgehead atoms. The van der Waals surface area contributed by atoms with E-state index in [-0.39, 0.29) is 25.9 Å². The van der Waals surface area contributed by atoms with Gasteiger partial charge in [0.2, 0.25) is 17.7 Å². The first-order chi connectivity index (χ1) is 24.2. The molecule has 6 atom stereocenters. The lowest BCUT2D eigenvalue weighted by Crippen LogP contribution is -2.58. The van der Waals surface area contributed by atoms with Gasteiger partial charge in [-0.25, -0.2) is 0 Å². The number of benzene rings is 4. The summed E-state index contributed by atoms with van der Waals surface area (Å²) in [6, 6.07) is 31.7. The van der Waals surface area contributed by atoms with Crippen molar-refractivity contribution in [3.63, 3.8) is 0 Å². The number of hydrogen-bond donors (Lipinski definition) is 5. The van der Waals surface area contributed by atoms with E-state index in [2.05, 4.69) is 26.0 Å². The number of carbonyl (C=O) groups excluding carboxylic acids is 3. The van der Waals surface area contributed by atoms with Crippen LogP contribution in [-0.2, 0) is 33.6 Å². The monoisotopic (exact) mass is 676 g/mol. The number of aliphatic hydroxyl groups excluding tert-OH is 2. The van der Waals surface area contributed by atoms with Crippen LogP contribution >= 0.6 is 0 Å². The number of carbonyl (C=O) groups is 3. The number of rotatable bonds is 17. The van der Waals surface area contributed by atoms with Crippen molar-refractivity contribution in [1.29, 1.82) is 0 Å². The van der Waals surface area contributed by atoms with Crippen LogP contribution in [0.15, 0.2) is 120 Å². The van der Waals surface area contributed by atoms with Crippen molar-refractivity contribution in [2.75, 3.05) is 6.61 Å². The van der Waals surface area contributed by atoms with Gasteiger partial charge in [0.1, 0.15) is 18.1 Å². The molecule has 50 heavy (non-hydrogen) atoms. The Morgan fingerprint density at radius 2 is 1.08 bits per heavy atom. The standard InChI is InChI=1S/C39H44N6O5/c1-26(25-46)36(47)27(2)41-37(48)33(22-28-12-6-3-7-13-28)42-38(49)34(23-30-18-20-32(21-19-30)31-16-10-5-11-17-31)43-39(50)35(44-45-40)24-29-14-8-4-9-15-29/h3-21,26-27,33-36,46-47H,22-25H2,1-2H3,(H,41,48)(H,42,49)(H,43,50)/t26-,27+,33+,34+,35+,36+/m1/s1. The Hall–Kier alpha value is -5.48. The van der Waals surface area contributed by atoms with E-state index in [9.17, 15) is 30.1 Å². The highest BCUT2D eigenvalue weighted by atomic mass is 16.3. The zero-order chi connectivity index (χ0) is 35.9. The molecule has 0 saturated carbocycles. The molecule has 4 aromatic carbocycles. The molecule has 0 spiro atoms. The van der Waals surface area contributed by atoms with E-state index in [1.165, 1.54) is 0 Å². The molecular formula is C39H44N6O5. The molecule has 0 aliphatic rings. The van der Waals surface area contributed by atoms with Gasteiger partial charge in [-0.3, -0.25) is 14.4 Å². The van der Waals surface area contributed by atoms with Crippen LogP contribution in [-0.4, -0.2) is 64.8 Å². The van der Waals surface area contributed by atoms with Gasteiger partial charge in [0.25, 0.3) is 0 Å². The van der Waals surface area contributed by atoms with Gasteiger partial charge in [0.15, 0.2) is 0 Å². The first-order valence-electron chi connectivity index (χ1n) is 16.6. The molecule has 3 amide bonds. The van der Waals surface area contributed by atoms with Gasteiger partial charge in [-0.1, -0.05) is 127 Å². The van der Waals surface area contributed by atoms with Crippen molar-refractivity contribution in [2.24, 2.45) is 11.0 Å². The van der Waals surface area contributed by atoms with Crippen LogP contribution in [0, 0.1) is 5.92 Å². The number of nitrogens with zero attached hydrogens (tertiary/aromatic N) is 3. The van der Waals surface area contributed by atoms with Gasteiger partial charge in [0, 0.05) is 30.3 Å². The highest BCUT2D eigenvalue weighted by molar-refractivity contribution is 5.93. The fraction of sp³-hybridized carbons (Fsp3) is 0.308. The molecule has 0 unspecified atom stereocenters. The summed E-state index contributed by atoms with van der Waals surface area (Å²) in [5.74, 6) is -2.27. The second-order valence-corrected chi connectivity index (χ2v) is 12.4. The highest BCUT2D eigenvalue weighted by Gasteiger charge is 2.31. The molecule has 11 heteroatoms. The Balaban J connectivity index is 1.60. The molecule has 260 valence electrons. The van der Waals surface area contributed by atoms with Crippen molar-refractivity contribution >= 4 is 17.7 Å². The molecule has 0 fully saturated rings. The van der Waals surface area contributed by atoms with Crippen LogP contribution in [0.5, 0.6) is 0 Å². The van der Waals surface area contributed by atoms with Crippen molar-refractivity contribution in [3.05, 3.63) is 142 Å². The van der Waals surface area contributed by atoms with E-state index in [0.29, 0.717) is 0 Å². The zero-order valence-electron chi connectivity index (χ0n) is 28.2. The zero-order valence-corrected chi connectivity index (χ0v) is 28.2. The van der Waals surface area contributed by atoms with E-state index in [0.717, 1.165) is 27.8 Å².